The predicted octanol–water partition coefficient (Wildman–Crippen LogP) is 3.27. The van der Waals surface area contributed by atoms with Gasteiger partial charge < -0.3 is 4.74 Å². The van der Waals surface area contributed by atoms with Gasteiger partial charge >= 0.3 is 0 Å². The fourth-order valence-electron chi connectivity index (χ4n) is 2.11. The smallest absolute Gasteiger partial charge is 0.168 e. The third-order valence-corrected chi connectivity index (χ3v) is 4.33. The summed E-state index contributed by atoms with van der Waals surface area (Å²) < 4.78 is 19.0. The zero-order valence-electron chi connectivity index (χ0n) is 9.63. The minimum Gasteiger partial charge on any atom is -0.370 e. The number of ether oxygens (including phenoxy) is 1. The van der Waals surface area contributed by atoms with Gasteiger partial charge in [0.25, 0.3) is 0 Å². The van der Waals surface area contributed by atoms with Crippen LogP contribution in [0.15, 0.2) is 22.7 Å². The van der Waals surface area contributed by atoms with Crippen molar-refractivity contribution in [2.24, 2.45) is 0 Å². The van der Waals surface area contributed by atoms with Crippen LogP contribution < -0.4 is 0 Å². The number of carbonyl (C=O) groups excluding carboxylic acids is 1. The Bertz CT molecular complexity index is 436. The van der Waals surface area contributed by atoms with Crippen molar-refractivity contribution in [3.8, 4) is 0 Å². The maximum Gasteiger partial charge on any atom is 0.168 e. The van der Waals surface area contributed by atoms with Crippen LogP contribution in [0.25, 0.3) is 0 Å². The molecule has 1 saturated carbocycles. The van der Waals surface area contributed by atoms with E-state index in [1.807, 2.05) is 0 Å². The monoisotopic (exact) mass is 300 g/mol. The molecular formula is C13H14BrFO2. The molecule has 0 unspecified atom stereocenters. The average Bonchev–Trinajstić information content (AvgIpc) is 2.24. The molecule has 4 heteroatoms. The van der Waals surface area contributed by atoms with E-state index in [2.05, 4.69) is 15.9 Å². The van der Waals surface area contributed by atoms with Crippen LogP contribution >= 0.6 is 15.9 Å². The first-order valence-corrected chi connectivity index (χ1v) is 6.40. The molecule has 17 heavy (non-hydrogen) atoms. The quantitative estimate of drug-likeness (QED) is 0.853. The molecule has 0 aliphatic heterocycles. The summed E-state index contributed by atoms with van der Waals surface area (Å²) in [5, 5.41) is 0. The largest absolute Gasteiger partial charge is 0.370 e. The molecule has 2 rings (SSSR count). The maximum atomic E-state index is 13.3. The van der Waals surface area contributed by atoms with Crippen LogP contribution in [0.2, 0.25) is 0 Å². The molecular weight excluding hydrogens is 287 g/mol. The number of hydrogen-bond donors (Lipinski definition) is 0. The lowest BCUT2D eigenvalue weighted by Crippen LogP contribution is -2.47. The molecule has 0 spiro atoms. The Morgan fingerprint density at radius 2 is 2.24 bits per heavy atom. The Kier molecular flexibility index (Phi) is 3.64. The van der Waals surface area contributed by atoms with Crippen LogP contribution in [0.3, 0.4) is 0 Å². The molecule has 0 bridgehead atoms. The third-order valence-electron chi connectivity index (χ3n) is 3.44. The highest BCUT2D eigenvalue weighted by atomic mass is 79.9. The van der Waals surface area contributed by atoms with Gasteiger partial charge in [-0.3, -0.25) is 4.79 Å². The number of methoxy groups -OCH3 is 1. The molecule has 1 aliphatic carbocycles. The molecule has 0 radical (unpaired) electrons. The highest BCUT2D eigenvalue weighted by Crippen LogP contribution is 2.37. The fourth-order valence-corrected chi connectivity index (χ4v) is 2.52. The number of hydrogen-bond acceptors (Lipinski definition) is 2. The number of carbonyl (C=O) groups is 1. The molecule has 1 aliphatic rings. The first-order valence-electron chi connectivity index (χ1n) is 5.60. The van der Waals surface area contributed by atoms with Crippen molar-refractivity contribution in [1.82, 2.24) is 0 Å². The lowest BCUT2D eigenvalue weighted by atomic mass is 9.75. The van der Waals surface area contributed by atoms with E-state index >= 15 is 0 Å². The van der Waals surface area contributed by atoms with Gasteiger partial charge in [0.05, 0.1) is 4.47 Å². The minimum atomic E-state index is -0.619. The van der Waals surface area contributed by atoms with Gasteiger partial charge in [-0.1, -0.05) is 12.1 Å². The summed E-state index contributed by atoms with van der Waals surface area (Å²) in [7, 11) is 1.57. The van der Waals surface area contributed by atoms with Gasteiger partial charge in [-0.15, -0.1) is 0 Å². The van der Waals surface area contributed by atoms with Gasteiger partial charge in [-0.05, 0) is 46.8 Å². The van der Waals surface area contributed by atoms with Crippen LogP contribution in [0.4, 0.5) is 4.39 Å². The lowest BCUT2D eigenvalue weighted by molar-refractivity contribution is -0.151. The molecule has 0 amide bonds. The van der Waals surface area contributed by atoms with E-state index in [1.165, 1.54) is 6.07 Å². The third kappa shape index (κ3) is 2.29. The van der Waals surface area contributed by atoms with Crippen molar-refractivity contribution < 1.29 is 13.9 Å². The molecule has 1 fully saturated rings. The average molecular weight is 301 g/mol. The number of rotatable bonds is 4. The van der Waals surface area contributed by atoms with Crippen LogP contribution in [0.5, 0.6) is 0 Å². The number of ketones is 1. The van der Waals surface area contributed by atoms with Crippen molar-refractivity contribution in [3.63, 3.8) is 0 Å². The van der Waals surface area contributed by atoms with E-state index < -0.39 is 5.60 Å². The van der Waals surface area contributed by atoms with Crippen LogP contribution in [0, 0.1) is 5.82 Å². The molecule has 0 aromatic heterocycles. The summed E-state index contributed by atoms with van der Waals surface area (Å²) in [6.45, 7) is 0. The summed E-state index contributed by atoms with van der Waals surface area (Å²) in [6, 6.07) is 4.74. The van der Waals surface area contributed by atoms with E-state index in [4.69, 9.17) is 4.74 Å². The Balaban J connectivity index is 2.16. The van der Waals surface area contributed by atoms with E-state index in [9.17, 15) is 9.18 Å². The Morgan fingerprint density at radius 1 is 1.53 bits per heavy atom. The normalized spacial score (nSPS) is 17.6. The summed E-state index contributed by atoms with van der Waals surface area (Å²) in [5.41, 5.74) is 0.0597. The lowest BCUT2D eigenvalue weighted by Gasteiger charge is -2.38. The van der Waals surface area contributed by atoms with Crippen molar-refractivity contribution in [1.29, 1.82) is 0 Å². The minimum absolute atomic E-state index is 0.0394. The topological polar surface area (TPSA) is 26.3 Å². The van der Waals surface area contributed by atoms with Crippen molar-refractivity contribution in [2.75, 3.05) is 7.11 Å². The SMILES string of the molecule is COC1(C(=O)Cc2cccc(F)c2Br)CCC1. The second-order valence-electron chi connectivity index (χ2n) is 4.36. The predicted molar refractivity (Wildman–Crippen MR) is 66.4 cm³/mol. The molecule has 92 valence electrons. The van der Waals surface area contributed by atoms with Crippen molar-refractivity contribution in [2.45, 2.75) is 31.3 Å². The van der Waals surface area contributed by atoms with Gasteiger partial charge in [0.2, 0.25) is 0 Å². The zero-order chi connectivity index (χ0) is 12.5. The molecule has 2 nitrogen and oxygen atoms in total. The van der Waals surface area contributed by atoms with E-state index in [0.29, 0.717) is 10.0 Å². The highest BCUT2D eigenvalue weighted by Gasteiger charge is 2.43. The van der Waals surface area contributed by atoms with Gasteiger partial charge in [0, 0.05) is 13.5 Å². The molecule has 1 aromatic rings. The van der Waals surface area contributed by atoms with Gasteiger partial charge in [-0.2, -0.15) is 0 Å². The van der Waals surface area contributed by atoms with Crippen molar-refractivity contribution >= 4 is 21.7 Å². The standard InChI is InChI=1S/C13H14BrFO2/c1-17-13(6-3-7-13)11(16)8-9-4-2-5-10(15)12(9)14/h2,4-5H,3,6-8H2,1H3. The molecule has 0 N–H and O–H groups in total. The zero-order valence-corrected chi connectivity index (χ0v) is 11.2. The summed E-state index contributed by atoms with van der Waals surface area (Å²) in [5.74, 6) is -0.298. The number of halogens is 2. The van der Waals surface area contributed by atoms with Gasteiger partial charge in [-0.25, -0.2) is 4.39 Å². The summed E-state index contributed by atoms with van der Waals surface area (Å²) in [4.78, 5) is 12.1. The van der Waals surface area contributed by atoms with Gasteiger partial charge in [0.1, 0.15) is 11.4 Å². The molecule has 1 aromatic carbocycles. The van der Waals surface area contributed by atoms with E-state index in [1.54, 1.807) is 19.2 Å². The fraction of sp³-hybridized carbons (Fsp3) is 0.462. The second kappa shape index (κ2) is 4.86. The van der Waals surface area contributed by atoms with Gasteiger partial charge in [0.15, 0.2) is 5.78 Å². The molecule has 0 heterocycles. The summed E-state index contributed by atoms with van der Waals surface area (Å²) >= 11 is 3.17. The maximum absolute atomic E-state index is 13.3. The van der Waals surface area contributed by atoms with Crippen LogP contribution in [-0.4, -0.2) is 18.5 Å². The molecule has 0 atom stereocenters. The second-order valence-corrected chi connectivity index (χ2v) is 5.16. The molecule has 0 saturated heterocycles. The van der Waals surface area contributed by atoms with Crippen molar-refractivity contribution in [3.05, 3.63) is 34.1 Å². The van der Waals surface area contributed by atoms with Crippen LogP contribution in [0.1, 0.15) is 24.8 Å². The Morgan fingerprint density at radius 3 is 2.76 bits per heavy atom. The first kappa shape index (κ1) is 12.7. The first-order chi connectivity index (χ1) is 8.09. The van der Waals surface area contributed by atoms with Crippen LogP contribution in [-0.2, 0) is 16.0 Å². The number of Topliss-reactive ketones (excluding diaryl/α,β-unsaturated/α-hetero) is 1. The summed E-state index contributed by atoms with van der Waals surface area (Å²) in [6.07, 6.45) is 2.78. The Hall–Kier alpha value is -0.740. The van der Waals surface area contributed by atoms with E-state index in [-0.39, 0.29) is 18.0 Å². The highest BCUT2D eigenvalue weighted by molar-refractivity contribution is 9.10. The van der Waals surface area contributed by atoms with E-state index in [0.717, 1.165) is 19.3 Å². The number of benzene rings is 1. The Labute approximate surface area is 108 Å².